The first kappa shape index (κ1) is 17.3. The Morgan fingerprint density at radius 2 is 2.08 bits per heavy atom. The second-order valence-electron chi connectivity index (χ2n) is 6.46. The molecule has 0 N–H and O–H groups in total. The third-order valence-corrected chi connectivity index (χ3v) is 4.68. The van der Waals surface area contributed by atoms with Gasteiger partial charge in [-0.1, -0.05) is 13.0 Å². The van der Waals surface area contributed by atoms with E-state index >= 15 is 0 Å². The molecule has 3 rings (SSSR count). The van der Waals surface area contributed by atoms with E-state index in [9.17, 15) is 9.18 Å². The molecule has 1 unspecified atom stereocenters. The van der Waals surface area contributed by atoms with E-state index in [1.165, 1.54) is 12.1 Å². The molecule has 6 heteroatoms. The van der Waals surface area contributed by atoms with Gasteiger partial charge in [0, 0.05) is 31.4 Å². The van der Waals surface area contributed by atoms with Gasteiger partial charge in [0.05, 0.1) is 17.0 Å². The van der Waals surface area contributed by atoms with Crippen LogP contribution < -0.4 is 4.90 Å². The molecule has 1 aromatic heterocycles. The number of amides is 1. The van der Waals surface area contributed by atoms with Crippen LogP contribution in [0.15, 0.2) is 30.3 Å². The lowest BCUT2D eigenvalue weighted by molar-refractivity contribution is 0.0672. The van der Waals surface area contributed by atoms with Crippen molar-refractivity contribution in [1.82, 2.24) is 15.1 Å². The molecule has 0 aliphatic carbocycles. The first-order valence-corrected chi connectivity index (χ1v) is 8.64. The predicted molar refractivity (Wildman–Crippen MR) is 95.3 cm³/mol. The van der Waals surface area contributed by atoms with Gasteiger partial charge in [-0.25, -0.2) is 4.39 Å². The van der Waals surface area contributed by atoms with E-state index in [-0.39, 0.29) is 17.8 Å². The van der Waals surface area contributed by atoms with Crippen molar-refractivity contribution in [2.45, 2.75) is 33.2 Å². The highest BCUT2D eigenvalue weighted by molar-refractivity contribution is 5.95. The zero-order valence-electron chi connectivity index (χ0n) is 14.9. The van der Waals surface area contributed by atoms with Gasteiger partial charge in [-0.2, -0.15) is 10.2 Å². The number of rotatable bonds is 3. The maximum Gasteiger partial charge on any atom is 0.256 e. The smallest absolute Gasteiger partial charge is 0.256 e. The summed E-state index contributed by atoms with van der Waals surface area (Å²) < 4.78 is 13.5. The van der Waals surface area contributed by atoms with Crippen molar-refractivity contribution in [3.05, 3.63) is 53.1 Å². The number of halogens is 1. The third-order valence-electron chi connectivity index (χ3n) is 4.68. The first-order valence-electron chi connectivity index (χ1n) is 8.64. The van der Waals surface area contributed by atoms with E-state index in [2.05, 4.69) is 15.1 Å². The summed E-state index contributed by atoms with van der Waals surface area (Å²) in [5.74, 6) is -0.247. The third kappa shape index (κ3) is 3.62. The molecule has 1 fully saturated rings. The zero-order chi connectivity index (χ0) is 18.0. The molecule has 25 heavy (non-hydrogen) atoms. The van der Waals surface area contributed by atoms with E-state index in [1.807, 2.05) is 37.8 Å². The Bertz CT molecular complexity index is 780. The Kier molecular flexibility index (Phi) is 4.97. The van der Waals surface area contributed by atoms with E-state index in [0.717, 1.165) is 17.8 Å². The number of carbonyl (C=O) groups excluding carboxylic acids is 1. The maximum absolute atomic E-state index is 13.5. The van der Waals surface area contributed by atoms with Crippen molar-refractivity contribution in [2.24, 2.45) is 0 Å². The number of aromatic nitrogens is 2. The fourth-order valence-electron chi connectivity index (χ4n) is 3.20. The SMILES string of the molecule is CCc1cc(C(=O)N2CCN(c3cccc(F)c3)CC2C)c(C)nn1. The first-order chi connectivity index (χ1) is 12.0. The Hall–Kier alpha value is -2.50. The Morgan fingerprint density at radius 3 is 2.76 bits per heavy atom. The molecule has 2 heterocycles. The Morgan fingerprint density at radius 1 is 1.28 bits per heavy atom. The van der Waals surface area contributed by atoms with Crippen LogP contribution in [0.4, 0.5) is 10.1 Å². The molecular weight excluding hydrogens is 319 g/mol. The summed E-state index contributed by atoms with van der Waals surface area (Å²) in [6, 6.07) is 8.47. The second-order valence-corrected chi connectivity index (χ2v) is 6.46. The molecule has 0 spiro atoms. The Labute approximate surface area is 147 Å². The molecule has 5 nitrogen and oxygen atoms in total. The predicted octanol–water partition coefficient (Wildman–Crippen LogP) is 2.84. The van der Waals surface area contributed by atoms with Crippen molar-refractivity contribution < 1.29 is 9.18 Å². The van der Waals surface area contributed by atoms with Crippen LogP contribution in [0.3, 0.4) is 0 Å². The average Bonchev–Trinajstić information content (AvgIpc) is 2.61. The molecule has 1 atom stereocenters. The van der Waals surface area contributed by atoms with Crippen molar-refractivity contribution in [3.8, 4) is 0 Å². The van der Waals surface area contributed by atoms with Gasteiger partial charge in [0.25, 0.3) is 5.91 Å². The normalized spacial score (nSPS) is 17.7. The van der Waals surface area contributed by atoms with Gasteiger partial charge in [-0.05, 0) is 44.5 Å². The lowest BCUT2D eigenvalue weighted by Gasteiger charge is -2.41. The van der Waals surface area contributed by atoms with E-state index in [1.54, 1.807) is 6.07 Å². The minimum absolute atomic E-state index is 0.00603. The lowest BCUT2D eigenvalue weighted by Crippen LogP contribution is -2.54. The van der Waals surface area contributed by atoms with Gasteiger partial charge in [-0.15, -0.1) is 0 Å². The average molecular weight is 342 g/mol. The van der Waals surface area contributed by atoms with Gasteiger partial charge in [0.15, 0.2) is 0 Å². The number of piperazine rings is 1. The van der Waals surface area contributed by atoms with Gasteiger partial charge in [0.1, 0.15) is 5.82 Å². The highest BCUT2D eigenvalue weighted by Gasteiger charge is 2.29. The van der Waals surface area contributed by atoms with Crippen LogP contribution in [0.5, 0.6) is 0 Å². The van der Waals surface area contributed by atoms with Crippen LogP contribution in [0, 0.1) is 12.7 Å². The van der Waals surface area contributed by atoms with Gasteiger partial charge >= 0.3 is 0 Å². The number of benzene rings is 1. The lowest BCUT2D eigenvalue weighted by atomic mass is 10.1. The highest BCUT2D eigenvalue weighted by Crippen LogP contribution is 2.22. The minimum Gasteiger partial charge on any atom is -0.368 e. The monoisotopic (exact) mass is 342 g/mol. The molecule has 0 saturated carbocycles. The van der Waals surface area contributed by atoms with Gasteiger partial charge in [-0.3, -0.25) is 4.79 Å². The number of nitrogens with zero attached hydrogens (tertiary/aromatic N) is 4. The summed E-state index contributed by atoms with van der Waals surface area (Å²) in [5.41, 5.74) is 2.95. The van der Waals surface area contributed by atoms with E-state index < -0.39 is 0 Å². The van der Waals surface area contributed by atoms with Crippen LogP contribution >= 0.6 is 0 Å². The minimum atomic E-state index is -0.241. The number of carbonyl (C=O) groups is 1. The van der Waals surface area contributed by atoms with Crippen LogP contribution in [0.25, 0.3) is 0 Å². The molecule has 1 saturated heterocycles. The summed E-state index contributed by atoms with van der Waals surface area (Å²) in [6.07, 6.45) is 0.746. The van der Waals surface area contributed by atoms with Gasteiger partial charge < -0.3 is 9.80 Å². The van der Waals surface area contributed by atoms with Crippen molar-refractivity contribution >= 4 is 11.6 Å². The van der Waals surface area contributed by atoms with Crippen LogP contribution in [-0.4, -0.2) is 46.7 Å². The summed E-state index contributed by atoms with van der Waals surface area (Å²) in [7, 11) is 0. The fraction of sp³-hybridized carbons (Fsp3) is 0.421. The summed E-state index contributed by atoms with van der Waals surface area (Å²) in [4.78, 5) is 17.0. The van der Waals surface area contributed by atoms with Gasteiger partial charge in [0.2, 0.25) is 0 Å². The standard InChI is InChI=1S/C19H23FN4O/c1-4-16-11-18(14(3)21-22-16)19(25)24-9-8-23(12-13(24)2)17-7-5-6-15(20)10-17/h5-7,10-11,13H,4,8-9,12H2,1-3H3. The fourth-order valence-corrected chi connectivity index (χ4v) is 3.20. The van der Waals surface area contributed by atoms with Crippen molar-refractivity contribution in [2.75, 3.05) is 24.5 Å². The highest BCUT2D eigenvalue weighted by atomic mass is 19.1. The largest absolute Gasteiger partial charge is 0.368 e. The van der Waals surface area contributed by atoms with Crippen molar-refractivity contribution in [3.63, 3.8) is 0 Å². The van der Waals surface area contributed by atoms with Crippen LogP contribution in [-0.2, 0) is 6.42 Å². The molecule has 0 radical (unpaired) electrons. The van der Waals surface area contributed by atoms with Crippen LogP contribution in [0.2, 0.25) is 0 Å². The summed E-state index contributed by atoms with van der Waals surface area (Å²) in [5, 5.41) is 8.21. The number of hydrogen-bond acceptors (Lipinski definition) is 4. The molecule has 1 aromatic carbocycles. The topological polar surface area (TPSA) is 49.3 Å². The molecular formula is C19H23FN4O. The Balaban J connectivity index is 1.76. The molecule has 1 amide bonds. The van der Waals surface area contributed by atoms with E-state index in [4.69, 9.17) is 0 Å². The molecule has 0 bridgehead atoms. The quantitative estimate of drug-likeness (QED) is 0.861. The molecule has 1 aliphatic heterocycles. The number of hydrogen-bond donors (Lipinski definition) is 0. The van der Waals surface area contributed by atoms with Crippen LogP contribution in [0.1, 0.15) is 35.6 Å². The maximum atomic E-state index is 13.5. The van der Waals surface area contributed by atoms with Crippen molar-refractivity contribution in [1.29, 1.82) is 0 Å². The number of aryl methyl sites for hydroxylation is 2. The summed E-state index contributed by atoms with van der Waals surface area (Å²) in [6.45, 7) is 7.78. The number of anilines is 1. The molecule has 2 aromatic rings. The van der Waals surface area contributed by atoms with E-state index in [0.29, 0.717) is 30.9 Å². The zero-order valence-corrected chi connectivity index (χ0v) is 14.9. The second kappa shape index (κ2) is 7.17. The summed E-state index contributed by atoms with van der Waals surface area (Å²) >= 11 is 0. The molecule has 1 aliphatic rings. The molecule has 132 valence electrons.